The molecule has 1 aromatic rings. The van der Waals surface area contributed by atoms with E-state index >= 15 is 0 Å². The van der Waals surface area contributed by atoms with Gasteiger partial charge in [-0.05, 0) is 66.7 Å². The standard InChI is InChI=1S/C20H27NO3/c1-23-18-9-15-5-6-21(12-17(15)10-19(18)24-2)20(22)11-16-8-13-3-4-14(16)7-13/h9-10,13-14,16H,3-8,11-12H2,1-2H3/t13-,14-,16-/m1/s1. The number of hydrogen-bond donors (Lipinski definition) is 0. The van der Waals surface area contributed by atoms with E-state index in [1.165, 1.54) is 36.8 Å². The molecule has 0 unspecified atom stereocenters. The second-order valence-corrected chi connectivity index (χ2v) is 7.68. The van der Waals surface area contributed by atoms with Crippen LogP contribution in [0.1, 0.15) is 43.2 Å². The predicted molar refractivity (Wildman–Crippen MR) is 92.2 cm³/mol. The molecule has 0 saturated heterocycles. The maximum absolute atomic E-state index is 12.8. The second kappa shape index (κ2) is 6.30. The van der Waals surface area contributed by atoms with Gasteiger partial charge in [-0.3, -0.25) is 4.79 Å². The molecular formula is C20H27NO3. The Morgan fingerprint density at radius 2 is 1.88 bits per heavy atom. The van der Waals surface area contributed by atoms with Crippen LogP contribution in [0.25, 0.3) is 0 Å². The molecular weight excluding hydrogens is 302 g/mol. The van der Waals surface area contributed by atoms with Gasteiger partial charge < -0.3 is 14.4 Å². The van der Waals surface area contributed by atoms with E-state index in [1.54, 1.807) is 14.2 Å². The molecule has 4 rings (SSSR count). The summed E-state index contributed by atoms with van der Waals surface area (Å²) in [6, 6.07) is 4.09. The highest BCUT2D eigenvalue weighted by molar-refractivity contribution is 5.77. The molecule has 2 bridgehead atoms. The number of rotatable bonds is 4. The Labute approximate surface area is 144 Å². The summed E-state index contributed by atoms with van der Waals surface area (Å²) in [5.74, 6) is 4.24. The number of ether oxygens (including phenoxy) is 2. The van der Waals surface area contributed by atoms with Crippen LogP contribution in [0.15, 0.2) is 12.1 Å². The van der Waals surface area contributed by atoms with Crippen LogP contribution in [0, 0.1) is 17.8 Å². The molecule has 4 nitrogen and oxygen atoms in total. The molecule has 4 heteroatoms. The van der Waals surface area contributed by atoms with E-state index in [0.29, 0.717) is 18.4 Å². The van der Waals surface area contributed by atoms with E-state index in [9.17, 15) is 4.79 Å². The van der Waals surface area contributed by atoms with Gasteiger partial charge in [0.05, 0.1) is 14.2 Å². The zero-order valence-corrected chi connectivity index (χ0v) is 14.7. The Morgan fingerprint density at radius 1 is 1.12 bits per heavy atom. The molecule has 0 radical (unpaired) electrons. The number of methoxy groups -OCH3 is 2. The van der Waals surface area contributed by atoms with Gasteiger partial charge in [0.25, 0.3) is 0 Å². The third-order valence-corrected chi connectivity index (χ3v) is 6.39. The molecule has 0 spiro atoms. The summed E-state index contributed by atoms with van der Waals surface area (Å²) in [6.45, 7) is 1.53. The van der Waals surface area contributed by atoms with E-state index in [0.717, 1.165) is 42.7 Å². The Morgan fingerprint density at radius 3 is 2.50 bits per heavy atom. The van der Waals surface area contributed by atoms with Crippen LogP contribution in [0.3, 0.4) is 0 Å². The van der Waals surface area contributed by atoms with Crippen LogP contribution in [-0.2, 0) is 17.8 Å². The van der Waals surface area contributed by atoms with Gasteiger partial charge in [-0.2, -0.15) is 0 Å². The monoisotopic (exact) mass is 329 g/mol. The van der Waals surface area contributed by atoms with E-state index in [2.05, 4.69) is 6.07 Å². The lowest BCUT2D eigenvalue weighted by Crippen LogP contribution is -2.37. The van der Waals surface area contributed by atoms with Gasteiger partial charge in [0.1, 0.15) is 0 Å². The number of carbonyl (C=O) groups excluding carboxylic acids is 1. The van der Waals surface area contributed by atoms with Gasteiger partial charge >= 0.3 is 0 Å². The molecule has 130 valence electrons. The van der Waals surface area contributed by atoms with E-state index in [-0.39, 0.29) is 0 Å². The Hall–Kier alpha value is -1.71. The molecule has 2 fully saturated rings. The van der Waals surface area contributed by atoms with Crippen molar-refractivity contribution in [3.63, 3.8) is 0 Å². The van der Waals surface area contributed by atoms with Crippen molar-refractivity contribution in [1.29, 1.82) is 0 Å². The number of hydrogen-bond acceptors (Lipinski definition) is 3. The fourth-order valence-corrected chi connectivity index (χ4v) is 5.08. The van der Waals surface area contributed by atoms with Crippen molar-refractivity contribution >= 4 is 5.91 Å². The van der Waals surface area contributed by atoms with Gasteiger partial charge in [-0.1, -0.05) is 6.42 Å². The largest absolute Gasteiger partial charge is 0.493 e. The first-order chi connectivity index (χ1) is 11.7. The van der Waals surface area contributed by atoms with Crippen LogP contribution >= 0.6 is 0 Å². The minimum Gasteiger partial charge on any atom is -0.493 e. The van der Waals surface area contributed by atoms with Gasteiger partial charge in [-0.15, -0.1) is 0 Å². The predicted octanol–water partition coefficient (Wildman–Crippen LogP) is 3.41. The topological polar surface area (TPSA) is 38.8 Å². The fraction of sp³-hybridized carbons (Fsp3) is 0.650. The third kappa shape index (κ3) is 2.76. The summed E-state index contributed by atoms with van der Waals surface area (Å²) in [7, 11) is 3.32. The number of carbonyl (C=O) groups is 1. The smallest absolute Gasteiger partial charge is 0.223 e. The first-order valence-corrected chi connectivity index (χ1v) is 9.19. The van der Waals surface area contributed by atoms with Gasteiger partial charge in [0.15, 0.2) is 11.5 Å². The van der Waals surface area contributed by atoms with E-state index in [1.807, 2.05) is 11.0 Å². The highest BCUT2D eigenvalue weighted by Gasteiger charge is 2.40. The van der Waals surface area contributed by atoms with Crippen LogP contribution in [0.4, 0.5) is 0 Å². The summed E-state index contributed by atoms with van der Waals surface area (Å²) in [5, 5.41) is 0. The van der Waals surface area contributed by atoms with Crippen molar-refractivity contribution in [3.05, 3.63) is 23.3 Å². The fourth-order valence-electron chi connectivity index (χ4n) is 5.08. The number of benzene rings is 1. The van der Waals surface area contributed by atoms with Crippen molar-refractivity contribution < 1.29 is 14.3 Å². The lowest BCUT2D eigenvalue weighted by molar-refractivity contribution is -0.133. The summed E-state index contributed by atoms with van der Waals surface area (Å²) in [5.41, 5.74) is 2.47. The van der Waals surface area contributed by atoms with Gasteiger partial charge in [0.2, 0.25) is 5.91 Å². The van der Waals surface area contributed by atoms with Gasteiger partial charge in [-0.25, -0.2) is 0 Å². The van der Waals surface area contributed by atoms with Gasteiger partial charge in [0, 0.05) is 19.5 Å². The number of amides is 1. The Balaban J connectivity index is 1.44. The summed E-state index contributed by atoms with van der Waals surface area (Å²) < 4.78 is 10.8. The molecule has 1 aliphatic heterocycles. The second-order valence-electron chi connectivity index (χ2n) is 7.68. The molecule has 0 aromatic heterocycles. The van der Waals surface area contributed by atoms with Crippen molar-refractivity contribution in [2.24, 2.45) is 17.8 Å². The minimum absolute atomic E-state index is 0.341. The summed E-state index contributed by atoms with van der Waals surface area (Å²) in [6.07, 6.45) is 7.06. The summed E-state index contributed by atoms with van der Waals surface area (Å²) in [4.78, 5) is 14.8. The Bertz CT molecular complexity index is 642. The Kier molecular flexibility index (Phi) is 4.15. The quantitative estimate of drug-likeness (QED) is 0.850. The molecule has 3 aliphatic rings. The first kappa shape index (κ1) is 15.8. The lowest BCUT2D eigenvalue weighted by Gasteiger charge is -2.31. The van der Waals surface area contributed by atoms with E-state index < -0.39 is 0 Å². The van der Waals surface area contributed by atoms with Crippen molar-refractivity contribution in [3.8, 4) is 11.5 Å². The molecule has 0 N–H and O–H groups in total. The molecule has 24 heavy (non-hydrogen) atoms. The normalized spacial score (nSPS) is 27.9. The highest BCUT2D eigenvalue weighted by atomic mass is 16.5. The van der Waals surface area contributed by atoms with Crippen molar-refractivity contribution in [1.82, 2.24) is 4.90 Å². The van der Waals surface area contributed by atoms with Crippen molar-refractivity contribution in [2.75, 3.05) is 20.8 Å². The lowest BCUT2D eigenvalue weighted by atomic mass is 9.86. The number of nitrogens with zero attached hydrogens (tertiary/aromatic N) is 1. The zero-order chi connectivity index (χ0) is 16.7. The molecule has 1 aromatic carbocycles. The van der Waals surface area contributed by atoms with Crippen molar-refractivity contribution in [2.45, 2.75) is 45.1 Å². The maximum Gasteiger partial charge on any atom is 0.223 e. The average Bonchev–Trinajstić information content (AvgIpc) is 3.22. The van der Waals surface area contributed by atoms with Crippen LogP contribution < -0.4 is 9.47 Å². The molecule has 2 saturated carbocycles. The SMILES string of the molecule is COc1cc2c(cc1OC)CN(C(=O)C[C@H]1C[C@@H]3CC[C@@H]1C3)CC2. The van der Waals surface area contributed by atoms with Crippen LogP contribution in [-0.4, -0.2) is 31.6 Å². The third-order valence-electron chi connectivity index (χ3n) is 6.39. The van der Waals surface area contributed by atoms with Crippen LogP contribution in [0.2, 0.25) is 0 Å². The first-order valence-electron chi connectivity index (χ1n) is 9.19. The van der Waals surface area contributed by atoms with Crippen LogP contribution in [0.5, 0.6) is 11.5 Å². The molecule has 2 aliphatic carbocycles. The number of fused-ring (bicyclic) bond motifs is 3. The van der Waals surface area contributed by atoms with E-state index in [4.69, 9.17) is 9.47 Å². The molecule has 3 atom stereocenters. The highest BCUT2D eigenvalue weighted by Crippen LogP contribution is 2.49. The maximum atomic E-state index is 12.8. The minimum atomic E-state index is 0.341. The molecule has 1 amide bonds. The molecule has 1 heterocycles. The zero-order valence-electron chi connectivity index (χ0n) is 14.7. The summed E-state index contributed by atoms with van der Waals surface area (Å²) >= 11 is 0. The average molecular weight is 329 g/mol.